The van der Waals surface area contributed by atoms with Crippen molar-refractivity contribution in [1.29, 1.82) is 0 Å². The molecule has 1 N–H and O–H groups in total. The first kappa shape index (κ1) is 16.3. The lowest BCUT2D eigenvalue weighted by Gasteiger charge is -2.13. The van der Waals surface area contributed by atoms with E-state index >= 15 is 0 Å². The maximum Gasteiger partial charge on any atom is 0.339 e. The molecule has 24 heavy (non-hydrogen) atoms. The van der Waals surface area contributed by atoms with Gasteiger partial charge in [0.05, 0.1) is 5.56 Å². The second-order valence-electron chi connectivity index (χ2n) is 5.11. The Bertz CT molecular complexity index is 775. The summed E-state index contributed by atoms with van der Waals surface area (Å²) in [5.41, 5.74) is 0.914. The van der Waals surface area contributed by atoms with Gasteiger partial charge in [0.25, 0.3) is 5.91 Å². The number of nitrogens with one attached hydrogen (secondary N) is 1. The molecule has 0 radical (unpaired) electrons. The van der Waals surface area contributed by atoms with Crippen LogP contribution in [0.4, 0.5) is 5.69 Å². The fourth-order valence-corrected chi connectivity index (χ4v) is 2.35. The van der Waals surface area contributed by atoms with Gasteiger partial charge < -0.3 is 19.5 Å². The molecule has 124 valence electrons. The molecule has 3 rings (SSSR count). The maximum atomic E-state index is 12.2. The van der Waals surface area contributed by atoms with Gasteiger partial charge in [0.15, 0.2) is 17.6 Å². The van der Waals surface area contributed by atoms with E-state index in [0.717, 1.165) is 4.47 Å². The maximum absolute atomic E-state index is 12.2. The van der Waals surface area contributed by atoms with E-state index in [1.165, 1.54) is 13.0 Å². The molecule has 0 saturated carbocycles. The number of anilines is 1. The Morgan fingerprint density at radius 2 is 1.83 bits per heavy atom. The molecule has 1 atom stereocenters. The van der Waals surface area contributed by atoms with Crippen LogP contribution in [0, 0.1) is 0 Å². The molecular formula is C17H14BrNO5. The number of hydrogen-bond acceptors (Lipinski definition) is 5. The van der Waals surface area contributed by atoms with E-state index in [-0.39, 0.29) is 6.79 Å². The van der Waals surface area contributed by atoms with Crippen LogP contribution in [0.1, 0.15) is 17.3 Å². The van der Waals surface area contributed by atoms with Crippen LogP contribution in [0.2, 0.25) is 0 Å². The van der Waals surface area contributed by atoms with Crippen molar-refractivity contribution in [3.63, 3.8) is 0 Å². The standard InChI is InChI=1S/C17H14BrNO5/c1-10(16(20)19-13-5-3-12(18)4-6-13)24-17(21)11-2-7-14-15(8-11)23-9-22-14/h2-8,10H,9H2,1H3,(H,19,20). The van der Waals surface area contributed by atoms with Gasteiger partial charge in [-0.15, -0.1) is 0 Å². The molecule has 0 bridgehead atoms. The number of rotatable bonds is 4. The van der Waals surface area contributed by atoms with E-state index in [0.29, 0.717) is 22.7 Å². The van der Waals surface area contributed by atoms with Crippen LogP contribution in [0.3, 0.4) is 0 Å². The van der Waals surface area contributed by atoms with Crippen molar-refractivity contribution in [2.24, 2.45) is 0 Å². The van der Waals surface area contributed by atoms with Gasteiger partial charge >= 0.3 is 5.97 Å². The molecule has 0 aromatic heterocycles. The highest BCUT2D eigenvalue weighted by Gasteiger charge is 2.21. The number of carbonyl (C=O) groups excluding carboxylic acids is 2. The first-order chi connectivity index (χ1) is 11.5. The summed E-state index contributed by atoms with van der Waals surface area (Å²) in [6.07, 6.45) is -0.938. The van der Waals surface area contributed by atoms with E-state index in [4.69, 9.17) is 14.2 Å². The van der Waals surface area contributed by atoms with Gasteiger partial charge in [-0.05, 0) is 49.4 Å². The van der Waals surface area contributed by atoms with E-state index in [1.807, 2.05) is 0 Å². The molecule has 2 aromatic rings. The zero-order valence-corrected chi connectivity index (χ0v) is 14.3. The van der Waals surface area contributed by atoms with Crippen molar-refractivity contribution in [3.8, 4) is 11.5 Å². The van der Waals surface area contributed by atoms with Crippen LogP contribution >= 0.6 is 15.9 Å². The summed E-state index contributed by atoms with van der Waals surface area (Å²) in [5, 5.41) is 2.69. The molecule has 1 aliphatic heterocycles. The number of hydrogen-bond donors (Lipinski definition) is 1. The van der Waals surface area contributed by atoms with E-state index in [2.05, 4.69) is 21.2 Å². The molecule has 7 heteroatoms. The summed E-state index contributed by atoms with van der Waals surface area (Å²) in [7, 11) is 0. The Morgan fingerprint density at radius 3 is 2.58 bits per heavy atom. The second-order valence-corrected chi connectivity index (χ2v) is 6.03. The predicted molar refractivity (Wildman–Crippen MR) is 90.2 cm³/mol. The molecule has 2 aromatic carbocycles. The van der Waals surface area contributed by atoms with E-state index in [9.17, 15) is 9.59 Å². The minimum absolute atomic E-state index is 0.125. The largest absolute Gasteiger partial charge is 0.454 e. The summed E-state index contributed by atoms with van der Waals surface area (Å²) >= 11 is 3.32. The minimum Gasteiger partial charge on any atom is -0.454 e. The van der Waals surface area contributed by atoms with Crippen LogP contribution in [0.5, 0.6) is 11.5 Å². The van der Waals surface area contributed by atoms with Gasteiger partial charge in [-0.3, -0.25) is 4.79 Å². The molecule has 0 saturated heterocycles. The first-order valence-corrected chi connectivity index (χ1v) is 7.99. The number of fused-ring (bicyclic) bond motifs is 1. The molecule has 0 fully saturated rings. The lowest BCUT2D eigenvalue weighted by Crippen LogP contribution is -2.29. The van der Waals surface area contributed by atoms with Crippen molar-refractivity contribution in [2.75, 3.05) is 12.1 Å². The van der Waals surface area contributed by atoms with Gasteiger partial charge in [0.2, 0.25) is 6.79 Å². The third-order valence-corrected chi connectivity index (χ3v) is 3.90. The Labute approximate surface area is 146 Å². The predicted octanol–water partition coefficient (Wildman–Crippen LogP) is 3.36. The summed E-state index contributed by atoms with van der Waals surface area (Å²) in [6.45, 7) is 1.64. The highest BCUT2D eigenvalue weighted by atomic mass is 79.9. The van der Waals surface area contributed by atoms with Crippen LogP contribution in [-0.2, 0) is 9.53 Å². The highest BCUT2D eigenvalue weighted by Crippen LogP contribution is 2.32. The number of benzene rings is 2. The molecule has 1 amide bonds. The average molecular weight is 392 g/mol. The summed E-state index contributed by atoms with van der Waals surface area (Å²) in [5.74, 6) is 0.0437. The number of amides is 1. The fraction of sp³-hybridized carbons (Fsp3) is 0.176. The third kappa shape index (κ3) is 3.68. The minimum atomic E-state index is -0.938. The Hall–Kier alpha value is -2.54. The lowest BCUT2D eigenvalue weighted by atomic mass is 10.2. The Morgan fingerprint density at radius 1 is 1.12 bits per heavy atom. The summed E-state index contributed by atoms with van der Waals surface area (Å²) in [4.78, 5) is 24.3. The molecule has 1 unspecified atom stereocenters. The molecule has 1 aliphatic rings. The number of halogens is 1. The van der Waals surface area contributed by atoms with Gasteiger partial charge in [-0.2, -0.15) is 0 Å². The van der Waals surface area contributed by atoms with Crippen LogP contribution < -0.4 is 14.8 Å². The van der Waals surface area contributed by atoms with Crippen molar-refractivity contribution >= 4 is 33.5 Å². The van der Waals surface area contributed by atoms with Gasteiger partial charge in [0, 0.05) is 10.2 Å². The lowest BCUT2D eigenvalue weighted by molar-refractivity contribution is -0.123. The van der Waals surface area contributed by atoms with E-state index in [1.54, 1.807) is 36.4 Å². The van der Waals surface area contributed by atoms with Crippen molar-refractivity contribution < 1.29 is 23.8 Å². The number of carbonyl (C=O) groups is 2. The normalized spacial score (nSPS) is 13.2. The zero-order valence-electron chi connectivity index (χ0n) is 12.7. The van der Waals surface area contributed by atoms with Crippen LogP contribution in [0.25, 0.3) is 0 Å². The SMILES string of the molecule is CC(OC(=O)c1ccc2c(c1)OCO2)C(=O)Nc1ccc(Br)cc1. The zero-order chi connectivity index (χ0) is 17.1. The molecular weight excluding hydrogens is 378 g/mol. The first-order valence-electron chi connectivity index (χ1n) is 7.20. The van der Waals surface area contributed by atoms with Crippen LogP contribution in [0.15, 0.2) is 46.9 Å². The molecule has 6 nitrogen and oxygen atoms in total. The van der Waals surface area contributed by atoms with E-state index < -0.39 is 18.0 Å². The van der Waals surface area contributed by atoms with Crippen molar-refractivity contribution in [2.45, 2.75) is 13.0 Å². The van der Waals surface area contributed by atoms with Crippen LogP contribution in [-0.4, -0.2) is 24.8 Å². The molecule has 0 aliphatic carbocycles. The number of ether oxygens (including phenoxy) is 3. The second kappa shape index (κ2) is 6.92. The van der Waals surface area contributed by atoms with Gasteiger partial charge in [-0.25, -0.2) is 4.79 Å². The van der Waals surface area contributed by atoms with Gasteiger partial charge in [-0.1, -0.05) is 15.9 Å². The topological polar surface area (TPSA) is 73.9 Å². The van der Waals surface area contributed by atoms with Crippen molar-refractivity contribution in [1.82, 2.24) is 0 Å². The number of esters is 1. The van der Waals surface area contributed by atoms with Crippen molar-refractivity contribution in [3.05, 3.63) is 52.5 Å². The fourth-order valence-electron chi connectivity index (χ4n) is 2.08. The molecule has 0 spiro atoms. The average Bonchev–Trinajstić information content (AvgIpc) is 3.04. The highest BCUT2D eigenvalue weighted by molar-refractivity contribution is 9.10. The Balaban J connectivity index is 1.61. The smallest absolute Gasteiger partial charge is 0.339 e. The summed E-state index contributed by atoms with van der Waals surface area (Å²) in [6, 6.07) is 11.8. The monoisotopic (exact) mass is 391 g/mol. The third-order valence-electron chi connectivity index (χ3n) is 3.37. The van der Waals surface area contributed by atoms with Gasteiger partial charge in [0.1, 0.15) is 0 Å². The summed E-state index contributed by atoms with van der Waals surface area (Å²) < 4.78 is 16.5. The Kier molecular flexibility index (Phi) is 4.71. The quantitative estimate of drug-likeness (QED) is 0.808. The molecule has 1 heterocycles.